The maximum absolute atomic E-state index is 10.9. The van der Waals surface area contributed by atoms with Crippen LogP contribution in [0.1, 0.15) is 6.92 Å². The van der Waals surface area contributed by atoms with Gasteiger partial charge in [0.15, 0.2) is 0 Å². The fraction of sp³-hybridized carbons (Fsp3) is 0.417. The Morgan fingerprint density at radius 1 is 1.58 bits per heavy atom. The second-order valence-corrected chi connectivity index (χ2v) is 3.64. The molecular weight excluding hydrogens is 250 g/mol. The number of nitro benzene ring substituents is 1. The van der Waals surface area contributed by atoms with Crippen molar-refractivity contribution in [2.45, 2.75) is 13.0 Å². The first-order chi connectivity index (χ1) is 9.12. The van der Waals surface area contributed by atoms with Gasteiger partial charge in [-0.05, 0) is 12.6 Å². The zero-order valence-corrected chi connectivity index (χ0v) is 10.8. The highest BCUT2D eigenvalue weighted by Crippen LogP contribution is 2.31. The van der Waals surface area contributed by atoms with E-state index in [1.165, 1.54) is 25.3 Å². The van der Waals surface area contributed by atoms with Gasteiger partial charge in [-0.2, -0.15) is 5.26 Å². The molecule has 0 amide bonds. The molecule has 0 fully saturated rings. The van der Waals surface area contributed by atoms with E-state index in [0.717, 1.165) is 0 Å². The molecule has 0 aliphatic rings. The number of benzene rings is 1. The number of rotatable bonds is 7. The van der Waals surface area contributed by atoms with E-state index in [2.05, 4.69) is 5.32 Å². The third-order valence-corrected chi connectivity index (χ3v) is 2.38. The van der Waals surface area contributed by atoms with Crippen LogP contribution in [0, 0.1) is 21.4 Å². The summed E-state index contributed by atoms with van der Waals surface area (Å²) >= 11 is 0. The minimum absolute atomic E-state index is 0.0261. The van der Waals surface area contributed by atoms with Gasteiger partial charge in [0.25, 0.3) is 0 Å². The van der Waals surface area contributed by atoms with Gasteiger partial charge in [-0.1, -0.05) is 6.92 Å². The number of nitro groups is 1. The predicted molar refractivity (Wildman–Crippen MR) is 68.2 cm³/mol. The van der Waals surface area contributed by atoms with Crippen molar-refractivity contribution in [1.29, 1.82) is 5.26 Å². The van der Waals surface area contributed by atoms with Crippen molar-refractivity contribution in [3.63, 3.8) is 0 Å². The lowest BCUT2D eigenvalue weighted by Crippen LogP contribution is -2.33. The number of methoxy groups -OCH3 is 1. The molecule has 7 nitrogen and oxygen atoms in total. The van der Waals surface area contributed by atoms with Gasteiger partial charge in [0.2, 0.25) is 5.75 Å². The van der Waals surface area contributed by atoms with Crippen LogP contribution in [0.15, 0.2) is 18.2 Å². The summed E-state index contributed by atoms with van der Waals surface area (Å²) in [6.07, 6.45) is 0. The van der Waals surface area contributed by atoms with Crippen LogP contribution < -0.4 is 14.8 Å². The summed E-state index contributed by atoms with van der Waals surface area (Å²) in [7, 11) is 1.46. The highest BCUT2D eigenvalue weighted by atomic mass is 16.6. The molecule has 0 aliphatic carbocycles. The zero-order valence-electron chi connectivity index (χ0n) is 10.8. The summed E-state index contributed by atoms with van der Waals surface area (Å²) in [4.78, 5) is 10.3. The molecule has 0 aliphatic heterocycles. The summed E-state index contributed by atoms with van der Waals surface area (Å²) in [5.74, 6) is 0.542. The van der Waals surface area contributed by atoms with Gasteiger partial charge < -0.3 is 9.47 Å². The van der Waals surface area contributed by atoms with E-state index < -0.39 is 11.0 Å². The zero-order chi connectivity index (χ0) is 14.3. The Balaban J connectivity index is 2.86. The number of nitrogens with one attached hydrogen (secondary N) is 1. The molecular formula is C12H15N3O4. The summed E-state index contributed by atoms with van der Waals surface area (Å²) in [6, 6.07) is 5.72. The van der Waals surface area contributed by atoms with Crippen molar-refractivity contribution in [1.82, 2.24) is 5.32 Å². The highest BCUT2D eigenvalue weighted by molar-refractivity contribution is 5.50. The number of ether oxygens (including phenoxy) is 2. The van der Waals surface area contributed by atoms with Crippen LogP contribution in [0.5, 0.6) is 11.5 Å². The maximum atomic E-state index is 10.9. The topological polar surface area (TPSA) is 97.4 Å². The largest absolute Gasteiger partial charge is 0.497 e. The molecule has 1 aromatic rings. The normalized spacial score (nSPS) is 11.4. The monoisotopic (exact) mass is 265 g/mol. The summed E-state index contributed by atoms with van der Waals surface area (Å²) in [5, 5.41) is 22.6. The van der Waals surface area contributed by atoms with E-state index in [1.807, 2.05) is 13.0 Å². The molecule has 0 radical (unpaired) electrons. The number of nitriles is 1. The number of hydrogen-bond acceptors (Lipinski definition) is 6. The minimum Gasteiger partial charge on any atom is -0.497 e. The number of hydrogen-bond donors (Lipinski definition) is 1. The van der Waals surface area contributed by atoms with E-state index in [1.54, 1.807) is 0 Å². The number of nitrogens with zero attached hydrogens (tertiary/aromatic N) is 2. The van der Waals surface area contributed by atoms with Crippen molar-refractivity contribution in [3.05, 3.63) is 28.3 Å². The van der Waals surface area contributed by atoms with Crippen LogP contribution in [-0.4, -0.2) is 31.2 Å². The highest BCUT2D eigenvalue weighted by Gasteiger charge is 2.17. The van der Waals surface area contributed by atoms with Crippen molar-refractivity contribution >= 4 is 5.69 Å². The Morgan fingerprint density at radius 2 is 2.32 bits per heavy atom. The average Bonchev–Trinajstić information content (AvgIpc) is 2.42. The van der Waals surface area contributed by atoms with Crippen molar-refractivity contribution in [3.8, 4) is 17.6 Å². The first-order valence-corrected chi connectivity index (χ1v) is 5.70. The Morgan fingerprint density at radius 3 is 2.84 bits per heavy atom. The van der Waals surface area contributed by atoms with Crippen LogP contribution in [0.25, 0.3) is 0 Å². The molecule has 1 aromatic carbocycles. The van der Waals surface area contributed by atoms with Gasteiger partial charge in [0.1, 0.15) is 18.4 Å². The standard InChI is InChI=1S/C12H15N3O4/c1-3-14-9(7-13)8-19-12-6-10(18-2)4-5-11(12)15(16)17/h4-6,9,14H,3,8H2,1-2H3. The van der Waals surface area contributed by atoms with E-state index in [9.17, 15) is 10.1 Å². The molecule has 0 saturated heterocycles. The second-order valence-electron chi connectivity index (χ2n) is 3.64. The lowest BCUT2D eigenvalue weighted by atomic mass is 10.2. The summed E-state index contributed by atoms with van der Waals surface area (Å²) in [6.45, 7) is 2.50. The molecule has 7 heteroatoms. The number of likely N-dealkylation sites (N-methyl/N-ethyl adjacent to an activating group) is 1. The fourth-order valence-electron chi connectivity index (χ4n) is 1.45. The van der Waals surface area contributed by atoms with E-state index in [0.29, 0.717) is 12.3 Å². The summed E-state index contributed by atoms with van der Waals surface area (Å²) < 4.78 is 10.3. The Kier molecular flexibility index (Phi) is 5.57. The molecule has 102 valence electrons. The second kappa shape index (κ2) is 7.18. The Bertz CT molecular complexity index is 484. The third kappa shape index (κ3) is 4.12. The SMILES string of the molecule is CCNC(C#N)COc1cc(OC)ccc1[N+](=O)[O-]. The first kappa shape index (κ1) is 14.7. The van der Waals surface area contributed by atoms with Crippen LogP contribution in [0.2, 0.25) is 0 Å². The average molecular weight is 265 g/mol. The fourth-order valence-corrected chi connectivity index (χ4v) is 1.45. The van der Waals surface area contributed by atoms with Crippen LogP contribution in [0.3, 0.4) is 0 Å². The van der Waals surface area contributed by atoms with E-state index in [4.69, 9.17) is 14.7 Å². The lowest BCUT2D eigenvalue weighted by Gasteiger charge is -2.12. The first-order valence-electron chi connectivity index (χ1n) is 5.70. The van der Waals surface area contributed by atoms with Crippen molar-refractivity contribution < 1.29 is 14.4 Å². The van der Waals surface area contributed by atoms with Crippen LogP contribution in [-0.2, 0) is 0 Å². The van der Waals surface area contributed by atoms with Crippen molar-refractivity contribution in [2.24, 2.45) is 0 Å². The Labute approximate surface area is 110 Å². The van der Waals surface area contributed by atoms with Crippen LogP contribution >= 0.6 is 0 Å². The van der Waals surface area contributed by atoms with Gasteiger partial charge in [0.05, 0.1) is 18.1 Å². The molecule has 0 aromatic heterocycles. The van der Waals surface area contributed by atoms with Crippen LogP contribution in [0.4, 0.5) is 5.69 Å². The Hall–Kier alpha value is -2.33. The smallest absolute Gasteiger partial charge is 0.311 e. The van der Waals surface area contributed by atoms with Gasteiger partial charge >= 0.3 is 5.69 Å². The quantitative estimate of drug-likeness (QED) is 0.592. The van der Waals surface area contributed by atoms with Gasteiger partial charge in [-0.3, -0.25) is 15.4 Å². The molecule has 0 bridgehead atoms. The van der Waals surface area contributed by atoms with Crippen molar-refractivity contribution in [2.75, 3.05) is 20.3 Å². The predicted octanol–water partition coefficient (Wildman–Crippen LogP) is 1.48. The van der Waals surface area contributed by atoms with E-state index >= 15 is 0 Å². The minimum atomic E-state index is -0.538. The molecule has 1 unspecified atom stereocenters. The molecule has 1 atom stereocenters. The maximum Gasteiger partial charge on any atom is 0.311 e. The molecule has 0 spiro atoms. The molecule has 19 heavy (non-hydrogen) atoms. The van der Waals surface area contributed by atoms with Gasteiger partial charge in [-0.15, -0.1) is 0 Å². The van der Waals surface area contributed by atoms with E-state index in [-0.39, 0.29) is 18.0 Å². The summed E-state index contributed by atoms with van der Waals surface area (Å²) in [5.41, 5.74) is -0.158. The molecule has 1 N–H and O–H groups in total. The third-order valence-electron chi connectivity index (χ3n) is 2.38. The van der Waals surface area contributed by atoms with Gasteiger partial charge in [0, 0.05) is 12.1 Å². The van der Waals surface area contributed by atoms with Gasteiger partial charge in [-0.25, -0.2) is 0 Å². The molecule has 0 heterocycles. The lowest BCUT2D eigenvalue weighted by molar-refractivity contribution is -0.385. The molecule has 1 rings (SSSR count). The molecule has 0 saturated carbocycles.